The Bertz CT molecular complexity index is 655. The molecule has 0 atom stereocenters. The van der Waals surface area contributed by atoms with E-state index in [1.54, 1.807) is 12.1 Å². The predicted octanol–water partition coefficient (Wildman–Crippen LogP) is 6.91. The van der Waals surface area contributed by atoms with Crippen molar-refractivity contribution < 1.29 is 17.9 Å². The van der Waals surface area contributed by atoms with E-state index in [1.807, 2.05) is 6.07 Å². The van der Waals surface area contributed by atoms with Crippen molar-refractivity contribution in [1.82, 2.24) is 0 Å². The van der Waals surface area contributed by atoms with E-state index < -0.39 is 6.61 Å². The van der Waals surface area contributed by atoms with Gasteiger partial charge in [-0.25, -0.2) is 4.39 Å². The minimum Gasteiger partial charge on any atom is -0.435 e. The van der Waals surface area contributed by atoms with Gasteiger partial charge in [-0.15, -0.1) is 0 Å². The van der Waals surface area contributed by atoms with Crippen LogP contribution in [0.3, 0.4) is 0 Å². The molecule has 26 heavy (non-hydrogen) atoms. The van der Waals surface area contributed by atoms with Crippen LogP contribution < -0.4 is 0 Å². The van der Waals surface area contributed by atoms with Gasteiger partial charge < -0.3 is 4.74 Å². The van der Waals surface area contributed by atoms with Gasteiger partial charge in [0.15, 0.2) is 0 Å². The number of benzene rings is 1. The minimum atomic E-state index is -2.93. The summed E-state index contributed by atoms with van der Waals surface area (Å²) in [5.74, 6) is 1.03. The quantitative estimate of drug-likeness (QED) is 0.360. The molecule has 1 aromatic rings. The second-order valence-corrected chi connectivity index (χ2v) is 7.18. The molecule has 142 valence electrons. The van der Waals surface area contributed by atoms with E-state index in [9.17, 15) is 13.2 Å². The molecule has 0 spiro atoms. The summed E-state index contributed by atoms with van der Waals surface area (Å²) < 4.78 is 42.7. The summed E-state index contributed by atoms with van der Waals surface area (Å²) in [6, 6.07) is 5.15. The van der Waals surface area contributed by atoms with Crippen molar-refractivity contribution in [3.05, 3.63) is 66.2 Å². The molecule has 2 rings (SSSR count). The molecular weight excluding hydrogens is 337 g/mol. The number of allylic oxidation sites excluding steroid dienone is 3. The van der Waals surface area contributed by atoms with Gasteiger partial charge in [0.1, 0.15) is 11.6 Å². The van der Waals surface area contributed by atoms with Crippen LogP contribution in [-0.2, 0) is 11.2 Å². The lowest BCUT2D eigenvalue weighted by molar-refractivity contribution is -0.0915. The van der Waals surface area contributed by atoms with Crippen molar-refractivity contribution in [3.63, 3.8) is 0 Å². The Morgan fingerprint density at radius 1 is 1.19 bits per heavy atom. The lowest BCUT2D eigenvalue weighted by Gasteiger charge is -2.26. The maximum Gasteiger partial charge on any atom is 0.387 e. The molecule has 1 aliphatic rings. The zero-order chi connectivity index (χ0) is 19.1. The highest BCUT2D eigenvalue weighted by Crippen LogP contribution is 2.31. The molecule has 0 aromatic heterocycles. The van der Waals surface area contributed by atoms with Crippen LogP contribution >= 0.6 is 0 Å². The van der Waals surface area contributed by atoms with Crippen molar-refractivity contribution in [2.24, 2.45) is 11.8 Å². The highest BCUT2D eigenvalue weighted by atomic mass is 19.3. The van der Waals surface area contributed by atoms with Crippen molar-refractivity contribution in [2.75, 3.05) is 0 Å². The Hall–Kier alpha value is -1.97. The minimum absolute atomic E-state index is 0.194. The maximum atomic E-state index is 14.4. The number of ether oxygens (including phenoxy) is 1. The van der Waals surface area contributed by atoms with Crippen molar-refractivity contribution in [1.29, 1.82) is 0 Å². The van der Waals surface area contributed by atoms with E-state index in [4.69, 9.17) is 0 Å². The molecular formula is C22H27F3O. The van der Waals surface area contributed by atoms with Crippen molar-refractivity contribution >= 4 is 5.57 Å². The van der Waals surface area contributed by atoms with Gasteiger partial charge in [0.25, 0.3) is 0 Å². The van der Waals surface area contributed by atoms with Gasteiger partial charge in [0.05, 0.1) is 0 Å². The molecule has 0 amide bonds. The number of halogens is 3. The Balaban J connectivity index is 1.90. The zero-order valence-electron chi connectivity index (χ0n) is 15.3. The highest BCUT2D eigenvalue weighted by molar-refractivity contribution is 5.72. The van der Waals surface area contributed by atoms with Gasteiger partial charge in [-0.05, 0) is 48.0 Å². The van der Waals surface area contributed by atoms with E-state index in [0.717, 1.165) is 30.2 Å². The monoisotopic (exact) mass is 364 g/mol. The number of rotatable bonds is 8. The van der Waals surface area contributed by atoms with Crippen LogP contribution in [0.4, 0.5) is 13.2 Å². The summed E-state index contributed by atoms with van der Waals surface area (Å²) in [6.45, 7) is 6.51. The lowest BCUT2D eigenvalue weighted by atomic mass is 9.80. The molecule has 1 nitrogen and oxygen atoms in total. The first kappa shape index (κ1) is 20.3. The molecule has 0 saturated heterocycles. The van der Waals surface area contributed by atoms with Gasteiger partial charge in [-0.2, -0.15) is 8.78 Å². The Labute approximate surface area is 154 Å². The average Bonchev–Trinajstić information content (AvgIpc) is 2.58. The Kier molecular flexibility index (Phi) is 7.55. The van der Waals surface area contributed by atoms with E-state index in [-0.39, 0.29) is 11.6 Å². The number of alkyl halides is 2. The van der Waals surface area contributed by atoms with Crippen LogP contribution in [0.5, 0.6) is 0 Å². The van der Waals surface area contributed by atoms with E-state index >= 15 is 0 Å². The van der Waals surface area contributed by atoms with Crippen molar-refractivity contribution in [2.45, 2.75) is 52.1 Å². The second-order valence-electron chi connectivity index (χ2n) is 7.18. The highest BCUT2D eigenvalue weighted by Gasteiger charge is 2.18. The van der Waals surface area contributed by atoms with Crippen LogP contribution in [0.15, 0.2) is 49.3 Å². The van der Waals surface area contributed by atoms with Gasteiger partial charge >= 0.3 is 6.61 Å². The van der Waals surface area contributed by atoms with Gasteiger partial charge in [-0.1, -0.05) is 64.0 Å². The molecule has 0 aliphatic heterocycles. The molecule has 0 bridgehead atoms. The summed E-state index contributed by atoms with van der Waals surface area (Å²) in [6.07, 6.45) is 9.78. The molecule has 1 saturated carbocycles. The summed E-state index contributed by atoms with van der Waals surface area (Å²) in [7, 11) is 0. The van der Waals surface area contributed by atoms with Gasteiger partial charge in [0, 0.05) is 5.56 Å². The summed E-state index contributed by atoms with van der Waals surface area (Å²) in [4.78, 5) is 0. The third kappa shape index (κ3) is 6.40. The van der Waals surface area contributed by atoms with Crippen LogP contribution in [0.25, 0.3) is 5.57 Å². The van der Waals surface area contributed by atoms with E-state index in [2.05, 4.69) is 24.8 Å². The summed E-state index contributed by atoms with van der Waals surface area (Å²) in [5, 5.41) is 0. The van der Waals surface area contributed by atoms with Crippen LogP contribution in [0.2, 0.25) is 0 Å². The van der Waals surface area contributed by atoms with Crippen molar-refractivity contribution in [3.8, 4) is 0 Å². The number of aryl methyl sites for hydroxylation is 1. The molecule has 0 radical (unpaired) electrons. The SMILES string of the molecule is C=C(/C=C\C(=C)c1ccc(CCC2CCC(C)CC2)cc1F)OC(F)F. The molecule has 1 aromatic carbocycles. The molecule has 4 heteroatoms. The zero-order valence-corrected chi connectivity index (χ0v) is 15.3. The first-order chi connectivity index (χ1) is 12.3. The molecule has 1 fully saturated rings. The molecule has 1 aliphatic carbocycles. The van der Waals surface area contributed by atoms with Gasteiger partial charge in [-0.3, -0.25) is 0 Å². The standard InChI is InChI=1S/C22H27F3O/c1-15-4-8-18(9-5-15)10-11-19-12-13-20(21(23)14-19)16(2)6-7-17(3)26-22(24)25/h6-7,12-15,18,22H,2-5,8-11H2,1H3/b7-6-. The smallest absolute Gasteiger partial charge is 0.387 e. The molecule has 0 N–H and O–H groups in total. The lowest BCUT2D eigenvalue weighted by Crippen LogP contribution is -2.13. The fourth-order valence-electron chi connectivity index (χ4n) is 3.40. The maximum absolute atomic E-state index is 14.4. The number of hydrogen-bond acceptors (Lipinski definition) is 1. The third-order valence-electron chi connectivity index (χ3n) is 5.07. The first-order valence-corrected chi connectivity index (χ1v) is 9.14. The topological polar surface area (TPSA) is 9.23 Å². The predicted molar refractivity (Wildman–Crippen MR) is 100 cm³/mol. The van der Waals surface area contributed by atoms with Crippen LogP contribution in [-0.4, -0.2) is 6.61 Å². The fraction of sp³-hybridized carbons (Fsp3) is 0.455. The summed E-state index contributed by atoms with van der Waals surface area (Å²) in [5.41, 5.74) is 1.71. The van der Waals surface area contributed by atoms with E-state index in [0.29, 0.717) is 11.1 Å². The largest absolute Gasteiger partial charge is 0.435 e. The number of hydrogen-bond donors (Lipinski definition) is 0. The molecule has 0 heterocycles. The Morgan fingerprint density at radius 3 is 2.50 bits per heavy atom. The second kappa shape index (κ2) is 9.65. The molecule has 0 unspecified atom stereocenters. The third-order valence-corrected chi connectivity index (χ3v) is 5.07. The van der Waals surface area contributed by atoms with E-state index in [1.165, 1.54) is 37.8 Å². The summed E-state index contributed by atoms with van der Waals surface area (Å²) >= 11 is 0. The van der Waals surface area contributed by atoms with Crippen LogP contribution in [0, 0.1) is 17.7 Å². The normalized spacial score (nSPS) is 20.5. The van der Waals surface area contributed by atoms with Gasteiger partial charge in [0.2, 0.25) is 0 Å². The fourth-order valence-corrected chi connectivity index (χ4v) is 3.40. The first-order valence-electron chi connectivity index (χ1n) is 9.14. The Morgan fingerprint density at radius 2 is 1.88 bits per heavy atom. The van der Waals surface area contributed by atoms with Crippen LogP contribution in [0.1, 0.15) is 50.2 Å². The average molecular weight is 364 g/mol.